The maximum Gasteiger partial charge on any atom is 0.327 e. The molecule has 202 valence electrons. The number of anilines is 3. The first-order chi connectivity index (χ1) is 19.6. The van der Waals surface area contributed by atoms with Crippen LogP contribution in [0.25, 0.3) is 0 Å². The van der Waals surface area contributed by atoms with E-state index in [1.54, 1.807) is 49.6 Å². The van der Waals surface area contributed by atoms with E-state index in [1.807, 2.05) is 60.7 Å². The van der Waals surface area contributed by atoms with Gasteiger partial charge in [-0.25, -0.2) is 4.79 Å². The van der Waals surface area contributed by atoms with Crippen molar-refractivity contribution in [1.82, 2.24) is 0 Å². The zero-order valence-electron chi connectivity index (χ0n) is 22.2. The Morgan fingerprint density at radius 2 is 1.70 bits per heavy atom. The largest absolute Gasteiger partial charge is 0.497 e. The summed E-state index contributed by atoms with van der Waals surface area (Å²) < 4.78 is 16.7. The number of allylic oxidation sites excluding steroid dienone is 1. The molecule has 6 rings (SSSR count). The van der Waals surface area contributed by atoms with Crippen molar-refractivity contribution in [1.29, 1.82) is 0 Å². The van der Waals surface area contributed by atoms with Crippen LogP contribution in [0.4, 0.5) is 21.9 Å². The average Bonchev–Trinajstić information content (AvgIpc) is 3.48. The van der Waals surface area contributed by atoms with Crippen LogP contribution in [0.2, 0.25) is 0 Å². The first kappa shape index (κ1) is 25.3. The van der Waals surface area contributed by atoms with Crippen molar-refractivity contribution in [2.75, 3.05) is 29.8 Å². The number of hydrogen-bond donors (Lipinski definition) is 2. The van der Waals surface area contributed by atoms with Gasteiger partial charge in [0.1, 0.15) is 17.3 Å². The van der Waals surface area contributed by atoms with Crippen molar-refractivity contribution in [3.05, 3.63) is 114 Å². The molecule has 2 heterocycles. The van der Waals surface area contributed by atoms with Crippen LogP contribution in [0.3, 0.4) is 0 Å². The Morgan fingerprint density at radius 1 is 0.925 bits per heavy atom. The molecule has 2 amide bonds. The Kier molecular flexibility index (Phi) is 6.74. The van der Waals surface area contributed by atoms with Gasteiger partial charge in [0.25, 0.3) is 0 Å². The van der Waals surface area contributed by atoms with Crippen LogP contribution < -0.4 is 25.0 Å². The third-order valence-corrected chi connectivity index (χ3v) is 7.43. The highest BCUT2D eigenvalue weighted by molar-refractivity contribution is 6.09. The Bertz CT molecular complexity index is 1580. The summed E-state index contributed by atoms with van der Waals surface area (Å²) in [5, 5.41) is 6.55. The number of nitrogens with one attached hydrogen (secondary N) is 2. The van der Waals surface area contributed by atoms with Gasteiger partial charge in [0.15, 0.2) is 5.78 Å². The summed E-state index contributed by atoms with van der Waals surface area (Å²) in [7, 11) is 3.18. The van der Waals surface area contributed by atoms with E-state index in [1.165, 1.54) is 0 Å². The number of rotatable bonds is 5. The minimum absolute atomic E-state index is 0.0545. The van der Waals surface area contributed by atoms with Crippen LogP contribution >= 0.6 is 0 Å². The molecule has 8 nitrogen and oxygen atoms in total. The van der Waals surface area contributed by atoms with Crippen LogP contribution in [0, 0.1) is 0 Å². The highest BCUT2D eigenvalue weighted by Gasteiger charge is 2.43. The quantitative estimate of drug-likeness (QED) is 0.289. The average molecular weight is 536 g/mol. The monoisotopic (exact) mass is 535 g/mol. The molecule has 0 saturated carbocycles. The standard InChI is InChI=1S/C32H29N3O5/c1-38-22-15-13-21(14-16-22)33-32(37)35-26-10-5-4-9-24(26)34-25-18-20(28-12-7-17-40-28)19-27(36)30(25)31(35)23-8-3-6-11-29(23)39-2/h3-17,20,31,34H,18-19H2,1-2H3,(H,33,37)/t20-,31+/m1/s1. The molecular weight excluding hydrogens is 506 g/mol. The molecule has 2 atom stereocenters. The number of ether oxygens (including phenoxy) is 2. The van der Waals surface area contributed by atoms with E-state index < -0.39 is 6.04 Å². The van der Waals surface area contributed by atoms with Crippen molar-refractivity contribution in [3.63, 3.8) is 0 Å². The number of Topliss-reactive ketones (excluding diaryl/α,β-unsaturated/α-hetero) is 1. The maximum atomic E-state index is 14.2. The summed E-state index contributed by atoms with van der Waals surface area (Å²) in [6, 6.07) is 24.8. The second kappa shape index (κ2) is 10.6. The molecule has 8 heteroatoms. The number of nitrogens with zero attached hydrogens (tertiary/aromatic N) is 1. The lowest BCUT2D eigenvalue weighted by atomic mass is 9.80. The fourth-order valence-electron chi connectivity index (χ4n) is 5.58. The molecule has 3 aromatic carbocycles. The number of para-hydroxylation sites is 3. The van der Waals surface area contributed by atoms with E-state index in [0.717, 1.165) is 17.1 Å². The van der Waals surface area contributed by atoms with Crippen molar-refractivity contribution in [2.24, 2.45) is 0 Å². The molecular formula is C32H29N3O5. The van der Waals surface area contributed by atoms with Crippen LogP contribution in [0.5, 0.6) is 11.5 Å². The fourth-order valence-corrected chi connectivity index (χ4v) is 5.58. The Balaban J connectivity index is 1.52. The van der Waals surface area contributed by atoms with Crippen molar-refractivity contribution in [2.45, 2.75) is 24.8 Å². The molecule has 0 fully saturated rings. The number of furan rings is 1. The highest BCUT2D eigenvalue weighted by Crippen LogP contribution is 2.49. The molecule has 2 aliphatic rings. The number of fused-ring (bicyclic) bond motifs is 1. The molecule has 0 saturated heterocycles. The van der Waals surface area contributed by atoms with E-state index >= 15 is 0 Å². The van der Waals surface area contributed by atoms with Gasteiger partial charge in [0.2, 0.25) is 0 Å². The molecule has 1 aliphatic heterocycles. The number of carbonyl (C=O) groups excluding carboxylic acids is 2. The normalized spacial score (nSPS) is 18.2. The summed E-state index contributed by atoms with van der Waals surface area (Å²) in [5.74, 6) is 1.87. The predicted molar refractivity (Wildman–Crippen MR) is 153 cm³/mol. The summed E-state index contributed by atoms with van der Waals surface area (Å²) in [6.45, 7) is 0. The topological polar surface area (TPSA) is 93.0 Å². The Labute approximate surface area is 232 Å². The molecule has 0 radical (unpaired) electrons. The van der Waals surface area contributed by atoms with Crippen LogP contribution in [0.1, 0.15) is 36.1 Å². The summed E-state index contributed by atoms with van der Waals surface area (Å²) in [4.78, 5) is 29.9. The first-order valence-corrected chi connectivity index (χ1v) is 13.1. The van der Waals surface area contributed by atoms with Crippen LogP contribution in [-0.4, -0.2) is 26.0 Å². The van der Waals surface area contributed by atoms with E-state index in [-0.39, 0.29) is 24.2 Å². The molecule has 0 bridgehead atoms. The number of amides is 2. The van der Waals surface area contributed by atoms with Gasteiger partial charge in [-0.3, -0.25) is 9.69 Å². The Hall–Kier alpha value is -4.98. The van der Waals surface area contributed by atoms with E-state index in [9.17, 15) is 9.59 Å². The Morgan fingerprint density at radius 3 is 2.45 bits per heavy atom. The number of hydrogen-bond acceptors (Lipinski definition) is 6. The highest BCUT2D eigenvalue weighted by atomic mass is 16.5. The molecule has 1 aliphatic carbocycles. The number of ketones is 1. The van der Waals surface area contributed by atoms with Gasteiger partial charge in [0, 0.05) is 34.9 Å². The lowest BCUT2D eigenvalue weighted by Gasteiger charge is -2.35. The minimum atomic E-state index is -0.745. The van der Waals surface area contributed by atoms with E-state index in [0.29, 0.717) is 40.4 Å². The zero-order chi connectivity index (χ0) is 27.6. The molecule has 1 aromatic heterocycles. The third kappa shape index (κ3) is 4.58. The predicted octanol–water partition coefficient (Wildman–Crippen LogP) is 6.90. The summed E-state index contributed by atoms with van der Waals surface area (Å²) >= 11 is 0. The van der Waals surface area contributed by atoms with E-state index in [4.69, 9.17) is 13.9 Å². The maximum absolute atomic E-state index is 14.2. The number of carbonyl (C=O) groups is 2. The number of urea groups is 1. The number of benzene rings is 3. The first-order valence-electron chi connectivity index (χ1n) is 13.1. The summed E-state index contributed by atoms with van der Waals surface area (Å²) in [5.41, 5.74) is 3.98. The van der Waals surface area contributed by atoms with Crippen LogP contribution in [0.15, 0.2) is 107 Å². The van der Waals surface area contributed by atoms with Crippen molar-refractivity contribution >= 4 is 28.9 Å². The van der Waals surface area contributed by atoms with Gasteiger partial charge in [-0.1, -0.05) is 30.3 Å². The molecule has 0 unspecified atom stereocenters. The van der Waals surface area contributed by atoms with Gasteiger partial charge >= 0.3 is 6.03 Å². The molecule has 2 N–H and O–H groups in total. The fraction of sp³-hybridized carbons (Fsp3) is 0.188. The second-order valence-corrected chi connectivity index (χ2v) is 9.75. The minimum Gasteiger partial charge on any atom is -0.497 e. The van der Waals surface area contributed by atoms with Crippen molar-refractivity contribution in [3.8, 4) is 11.5 Å². The van der Waals surface area contributed by atoms with Gasteiger partial charge in [-0.05, 0) is 61.0 Å². The van der Waals surface area contributed by atoms with Gasteiger partial charge in [-0.2, -0.15) is 0 Å². The van der Waals surface area contributed by atoms with Crippen LogP contribution in [-0.2, 0) is 4.79 Å². The van der Waals surface area contributed by atoms with Crippen molar-refractivity contribution < 1.29 is 23.5 Å². The van der Waals surface area contributed by atoms with E-state index in [2.05, 4.69) is 10.6 Å². The van der Waals surface area contributed by atoms with Gasteiger partial charge in [-0.15, -0.1) is 0 Å². The lowest BCUT2D eigenvalue weighted by molar-refractivity contribution is -0.116. The van der Waals surface area contributed by atoms with Gasteiger partial charge < -0.3 is 24.5 Å². The van der Waals surface area contributed by atoms with Gasteiger partial charge in [0.05, 0.1) is 37.9 Å². The summed E-state index contributed by atoms with van der Waals surface area (Å²) in [6.07, 6.45) is 2.45. The lowest BCUT2D eigenvalue weighted by Crippen LogP contribution is -2.41. The molecule has 40 heavy (non-hydrogen) atoms. The molecule has 4 aromatic rings. The SMILES string of the molecule is COc1ccc(NC(=O)N2c3ccccc3NC3=C(C(=O)C[C@H](c4ccco4)C3)[C@@H]2c2ccccc2OC)cc1. The smallest absolute Gasteiger partial charge is 0.327 e. The third-order valence-electron chi connectivity index (χ3n) is 7.43. The molecule has 0 spiro atoms. The second-order valence-electron chi connectivity index (χ2n) is 9.75. The zero-order valence-corrected chi connectivity index (χ0v) is 22.2. The number of methoxy groups -OCH3 is 2.